The number of carbonyl (C=O) groups is 1. The number of amides is 1. The number of hydrogen-bond acceptors (Lipinski definition) is 10. The molecule has 0 aliphatic carbocycles. The zero-order valence-corrected chi connectivity index (χ0v) is 23.4. The minimum atomic E-state index is -0.477. The van der Waals surface area contributed by atoms with Gasteiger partial charge in [-0.15, -0.1) is 10.2 Å². The van der Waals surface area contributed by atoms with E-state index in [1.54, 1.807) is 24.0 Å². The van der Waals surface area contributed by atoms with Crippen LogP contribution >= 0.6 is 0 Å². The van der Waals surface area contributed by atoms with Crippen LogP contribution < -0.4 is 10.6 Å². The summed E-state index contributed by atoms with van der Waals surface area (Å²) < 4.78 is 7.38. The number of hydrogen-bond donors (Lipinski definition) is 3. The van der Waals surface area contributed by atoms with Crippen LogP contribution in [-0.4, -0.2) is 65.1 Å². The van der Waals surface area contributed by atoms with Gasteiger partial charge in [-0.1, -0.05) is 32.9 Å². The average molecular weight is 546 g/mol. The standard InChI is InChI=1S/C28H35N9O3/c1-17(38)14-37-11-9-23(32-24(39)25-34-35-26(40-25)28(2,3)4)21-7-6-18(12-19(21)15-37)22-8-10-29-27(33-22)31-20-13-30-36(5)16-20/h6-8,10,12-13,16-17,23,38H,9,11,14-15H2,1-5H3,(H,32,39)(H,29,31,33)/t17?,23-/m0/s1. The molecule has 2 atom stereocenters. The van der Waals surface area contributed by atoms with Crippen LogP contribution in [0.1, 0.15) is 67.9 Å². The lowest BCUT2D eigenvalue weighted by Gasteiger charge is -2.22. The molecule has 12 nitrogen and oxygen atoms in total. The summed E-state index contributed by atoms with van der Waals surface area (Å²) >= 11 is 0. The van der Waals surface area contributed by atoms with Crippen LogP contribution in [0.25, 0.3) is 11.3 Å². The van der Waals surface area contributed by atoms with Gasteiger partial charge in [0.1, 0.15) is 0 Å². The van der Waals surface area contributed by atoms with E-state index >= 15 is 0 Å². The molecule has 5 rings (SSSR count). The van der Waals surface area contributed by atoms with E-state index in [4.69, 9.17) is 9.40 Å². The van der Waals surface area contributed by atoms with E-state index in [9.17, 15) is 9.90 Å². The van der Waals surface area contributed by atoms with Gasteiger partial charge in [0, 0.05) is 50.1 Å². The Hall–Kier alpha value is -4.16. The van der Waals surface area contributed by atoms with Crippen LogP contribution in [0.4, 0.5) is 11.6 Å². The number of aliphatic hydroxyl groups excluding tert-OH is 1. The fourth-order valence-electron chi connectivity index (χ4n) is 4.74. The van der Waals surface area contributed by atoms with Gasteiger partial charge in [0.05, 0.1) is 29.7 Å². The normalized spacial score (nSPS) is 16.7. The molecular weight excluding hydrogens is 510 g/mol. The van der Waals surface area contributed by atoms with Gasteiger partial charge in [0.25, 0.3) is 0 Å². The third kappa shape index (κ3) is 6.35. The Morgan fingerprint density at radius 2 is 2.08 bits per heavy atom. The highest BCUT2D eigenvalue weighted by molar-refractivity contribution is 5.89. The molecule has 0 bridgehead atoms. The first kappa shape index (κ1) is 27.4. The second kappa shape index (κ2) is 11.1. The number of aromatic nitrogens is 6. The SMILES string of the molecule is CC(O)CN1CC[C@H](NC(=O)c2nnc(C(C)(C)C)o2)c2ccc(-c3ccnc(Nc4cnn(C)c4)n3)cc2C1. The lowest BCUT2D eigenvalue weighted by molar-refractivity contribution is 0.0889. The van der Waals surface area contributed by atoms with Gasteiger partial charge in [-0.05, 0) is 36.6 Å². The summed E-state index contributed by atoms with van der Waals surface area (Å²) in [6.45, 7) is 9.48. The van der Waals surface area contributed by atoms with E-state index in [1.165, 1.54) is 0 Å². The van der Waals surface area contributed by atoms with Crippen LogP contribution in [0.15, 0.2) is 47.3 Å². The molecule has 1 aliphatic heterocycles. The van der Waals surface area contributed by atoms with Crippen molar-refractivity contribution in [3.8, 4) is 11.3 Å². The second-order valence-corrected chi connectivity index (χ2v) is 11.3. The summed E-state index contributed by atoms with van der Waals surface area (Å²) in [4.78, 5) is 24.4. The molecule has 0 fully saturated rings. The van der Waals surface area contributed by atoms with Crippen molar-refractivity contribution in [2.24, 2.45) is 7.05 Å². The first-order chi connectivity index (χ1) is 19.0. The molecule has 1 unspecified atom stereocenters. The highest BCUT2D eigenvalue weighted by Gasteiger charge is 2.28. The van der Waals surface area contributed by atoms with E-state index in [0.29, 0.717) is 37.9 Å². The van der Waals surface area contributed by atoms with Gasteiger partial charge in [-0.2, -0.15) is 5.10 Å². The van der Waals surface area contributed by atoms with Crippen molar-refractivity contribution in [3.05, 3.63) is 65.8 Å². The third-order valence-electron chi connectivity index (χ3n) is 6.65. The minimum absolute atomic E-state index is 0.0530. The maximum absolute atomic E-state index is 13.1. The fourth-order valence-corrected chi connectivity index (χ4v) is 4.74. The minimum Gasteiger partial charge on any atom is -0.416 e. The van der Waals surface area contributed by atoms with Crippen molar-refractivity contribution in [3.63, 3.8) is 0 Å². The van der Waals surface area contributed by atoms with Crippen molar-refractivity contribution in [2.45, 2.75) is 58.2 Å². The molecule has 3 aromatic heterocycles. The van der Waals surface area contributed by atoms with Crippen LogP contribution in [-0.2, 0) is 19.0 Å². The predicted octanol–water partition coefficient (Wildman–Crippen LogP) is 3.36. The molecule has 210 valence electrons. The molecule has 40 heavy (non-hydrogen) atoms. The number of anilines is 2. The second-order valence-electron chi connectivity index (χ2n) is 11.3. The first-order valence-corrected chi connectivity index (χ1v) is 13.3. The number of aryl methyl sites for hydroxylation is 1. The van der Waals surface area contributed by atoms with Crippen LogP contribution in [0.2, 0.25) is 0 Å². The quantitative estimate of drug-likeness (QED) is 0.316. The van der Waals surface area contributed by atoms with Crippen molar-refractivity contribution < 1.29 is 14.3 Å². The molecule has 1 amide bonds. The lowest BCUT2D eigenvalue weighted by atomic mass is 9.96. The zero-order chi connectivity index (χ0) is 28.4. The fraction of sp³-hybridized carbons (Fsp3) is 0.429. The number of carbonyl (C=O) groups excluding carboxylic acids is 1. The van der Waals surface area contributed by atoms with E-state index in [2.05, 4.69) is 41.9 Å². The number of β-amino-alcohol motifs (C(OH)–C–C–N with tert-alkyl or cyclic N) is 1. The van der Waals surface area contributed by atoms with Crippen molar-refractivity contribution in [1.82, 2.24) is 40.2 Å². The number of benzene rings is 1. The summed E-state index contributed by atoms with van der Waals surface area (Å²) in [6, 6.07) is 7.72. The Labute approximate surface area is 232 Å². The molecule has 0 saturated heterocycles. The molecule has 3 N–H and O–H groups in total. The van der Waals surface area contributed by atoms with E-state index < -0.39 is 12.0 Å². The number of nitrogens with zero attached hydrogens (tertiary/aromatic N) is 7. The largest absolute Gasteiger partial charge is 0.416 e. The summed E-state index contributed by atoms with van der Waals surface area (Å²) in [5.41, 5.74) is 4.17. The smallest absolute Gasteiger partial charge is 0.309 e. The van der Waals surface area contributed by atoms with E-state index in [-0.39, 0.29) is 17.3 Å². The average Bonchev–Trinajstić information content (AvgIpc) is 3.52. The number of aliphatic hydroxyl groups is 1. The van der Waals surface area contributed by atoms with Crippen molar-refractivity contribution >= 4 is 17.5 Å². The zero-order valence-electron chi connectivity index (χ0n) is 23.4. The molecule has 12 heteroatoms. The molecule has 4 heterocycles. The number of rotatable bonds is 7. The maximum atomic E-state index is 13.1. The molecule has 0 radical (unpaired) electrons. The van der Waals surface area contributed by atoms with Gasteiger partial charge in [0.2, 0.25) is 11.8 Å². The molecule has 0 saturated carbocycles. The molecule has 1 aliphatic rings. The van der Waals surface area contributed by atoms with Crippen LogP contribution in [0.5, 0.6) is 0 Å². The number of nitrogens with one attached hydrogen (secondary N) is 2. The molecule has 0 spiro atoms. The Morgan fingerprint density at radius 3 is 2.77 bits per heavy atom. The third-order valence-corrected chi connectivity index (χ3v) is 6.65. The summed E-state index contributed by atoms with van der Waals surface area (Å²) in [5.74, 6) is 0.418. The molecular formula is C28H35N9O3. The highest BCUT2D eigenvalue weighted by Crippen LogP contribution is 2.31. The topological polar surface area (TPSA) is 147 Å². The van der Waals surface area contributed by atoms with Gasteiger partial charge in [-0.3, -0.25) is 14.4 Å². The monoisotopic (exact) mass is 545 g/mol. The Bertz CT molecular complexity index is 1490. The van der Waals surface area contributed by atoms with Crippen LogP contribution in [0.3, 0.4) is 0 Å². The Balaban J connectivity index is 1.42. The van der Waals surface area contributed by atoms with Crippen molar-refractivity contribution in [2.75, 3.05) is 18.4 Å². The summed E-state index contributed by atoms with van der Waals surface area (Å²) in [6.07, 6.45) is 5.46. The lowest BCUT2D eigenvalue weighted by Crippen LogP contribution is -2.32. The van der Waals surface area contributed by atoms with E-state index in [0.717, 1.165) is 28.1 Å². The van der Waals surface area contributed by atoms with Crippen LogP contribution in [0, 0.1) is 0 Å². The first-order valence-electron chi connectivity index (χ1n) is 13.3. The maximum Gasteiger partial charge on any atom is 0.309 e. The molecule has 4 aromatic rings. The number of fused-ring (bicyclic) bond motifs is 1. The Morgan fingerprint density at radius 1 is 1.25 bits per heavy atom. The predicted molar refractivity (Wildman–Crippen MR) is 149 cm³/mol. The summed E-state index contributed by atoms with van der Waals surface area (Å²) in [5, 5.41) is 28.6. The highest BCUT2D eigenvalue weighted by atomic mass is 16.4. The molecule has 1 aromatic carbocycles. The van der Waals surface area contributed by atoms with Gasteiger partial charge >= 0.3 is 11.8 Å². The Kier molecular flexibility index (Phi) is 7.63. The van der Waals surface area contributed by atoms with Crippen molar-refractivity contribution in [1.29, 1.82) is 0 Å². The summed E-state index contributed by atoms with van der Waals surface area (Å²) in [7, 11) is 1.85. The van der Waals surface area contributed by atoms with E-state index in [1.807, 2.05) is 52.2 Å². The van der Waals surface area contributed by atoms with Gasteiger partial charge in [0.15, 0.2) is 0 Å². The van der Waals surface area contributed by atoms with Gasteiger partial charge < -0.3 is 20.2 Å². The van der Waals surface area contributed by atoms with Gasteiger partial charge in [-0.25, -0.2) is 9.97 Å².